The highest BCUT2D eigenvalue weighted by Crippen LogP contribution is 2.42. The Morgan fingerprint density at radius 3 is 3.21 bits per heavy atom. The van der Waals surface area contributed by atoms with Gasteiger partial charge >= 0.3 is 0 Å². The van der Waals surface area contributed by atoms with Crippen molar-refractivity contribution < 1.29 is 0 Å². The van der Waals surface area contributed by atoms with Gasteiger partial charge in [-0.1, -0.05) is 23.7 Å². The van der Waals surface area contributed by atoms with Crippen molar-refractivity contribution >= 4 is 11.6 Å². The van der Waals surface area contributed by atoms with Crippen molar-refractivity contribution in [2.45, 2.75) is 25.3 Å². The van der Waals surface area contributed by atoms with Crippen LogP contribution in [-0.4, -0.2) is 6.54 Å². The first kappa shape index (κ1) is 8.75. The fourth-order valence-corrected chi connectivity index (χ4v) is 3.14. The number of piperidine rings is 1. The van der Waals surface area contributed by atoms with Crippen LogP contribution < -0.4 is 5.32 Å². The zero-order chi connectivity index (χ0) is 9.54. The van der Waals surface area contributed by atoms with Gasteiger partial charge in [-0.3, -0.25) is 0 Å². The van der Waals surface area contributed by atoms with Gasteiger partial charge in [0.1, 0.15) is 0 Å². The molecule has 1 aromatic rings. The zero-order valence-electron chi connectivity index (χ0n) is 8.09. The predicted octanol–water partition coefficient (Wildman–Crippen LogP) is 2.94. The van der Waals surface area contributed by atoms with Crippen molar-refractivity contribution in [1.82, 2.24) is 5.32 Å². The molecule has 2 aliphatic rings. The quantitative estimate of drug-likeness (QED) is 0.690. The summed E-state index contributed by atoms with van der Waals surface area (Å²) >= 11 is 6.21. The minimum absolute atomic E-state index is 0.581. The standard InChI is InChI=1S/C12H14ClN/c13-11-5-1-4-9-10(11)7-8-3-2-6-14-12(8)9/h1,4-5,8,12,14H,2-3,6-7H2. The molecule has 0 radical (unpaired) electrons. The van der Waals surface area contributed by atoms with E-state index >= 15 is 0 Å². The Kier molecular flexibility index (Phi) is 2.03. The highest BCUT2D eigenvalue weighted by molar-refractivity contribution is 6.31. The van der Waals surface area contributed by atoms with E-state index in [-0.39, 0.29) is 0 Å². The summed E-state index contributed by atoms with van der Waals surface area (Å²) in [6.45, 7) is 1.16. The van der Waals surface area contributed by atoms with E-state index in [1.807, 2.05) is 6.07 Å². The minimum Gasteiger partial charge on any atom is -0.310 e. The number of hydrogen-bond donors (Lipinski definition) is 1. The van der Waals surface area contributed by atoms with Crippen molar-refractivity contribution in [3.63, 3.8) is 0 Å². The molecular formula is C12H14ClN. The molecule has 1 aliphatic carbocycles. The molecule has 0 saturated carbocycles. The summed E-state index contributed by atoms with van der Waals surface area (Å²) in [6, 6.07) is 6.89. The fourth-order valence-electron chi connectivity index (χ4n) is 2.88. The third-order valence-electron chi connectivity index (χ3n) is 3.54. The second-order valence-electron chi connectivity index (χ2n) is 4.35. The Hall–Kier alpha value is -0.530. The first-order chi connectivity index (χ1) is 6.86. The molecule has 2 heteroatoms. The Bertz CT molecular complexity index is 361. The Morgan fingerprint density at radius 2 is 2.29 bits per heavy atom. The number of fused-ring (bicyclic) bond motifs is 3. The first-order valence-electron chi connectivity index (χ1n) is 5.37. The molecule has 14 heavy (non-hydrogen) atoms. The molecule has 0 spiro atoms. The molecule has 3 rings (SSSR count). The van der Waals surface area contributed by atoms with E-state index in [4.69, 9.17) is 11.6 Å². The highest BCUT2D eigenvalue weighted by Gasteiger charge is 2.34. The van der Waals surface area contributed by atoms with Crippen LogP contribution in [0.1, 0.15) is 30.0 Å². The summed E-state index contributed by atoms with van der Waals surface area (Å²) < 4.78 is 0. The van der Waals surface area contributed by atoms with Crippen molar-refractivity contribution in [3.05, 3.63) is 34.3 Å². The van der Waals surface area contributed by atoms with E-state index in [0.717, 1.165) is 17.5 Å². The molecule has 1 nitrogen and oxygen atoms in total. The van der Waals surface area contributed by atoms with Crippen LogP contribution in [0, 0.1) is 5.92 Å². The first-order valence-corrected chi connectivity index (χ1v) is 5.75. The Balaban J connectivity index is 2.05. The van der Waals surface area contributed by atoms with Crippen LogP contribution in [0.4, 0.5) is 0 Å². The van der Waals surface area contributed by atoms with Crippen LogP contribution in [0.5, 0.6) is 0 Å². The molecular weight excluding hydrogens is 194 g/mol. The Morgan fingerprint density at radius 1 is 1.36 bits per heavy atom. The van der Waals surface area contributed by atoms with Crippen LogP contribution in [0.2, 0.25) is 5.02 Å². The molecule has 2 atom stereocenters. The van der Waals surface area contributed by atoms with Crippen LogP contribution >= 0.6 is 11.6 Å². The zero-order valence-corrected chi connectivity index (χ0v) is 8.85. The van der Waals surface area contributed by atoms with Crippen LogP contribution in [0.15, 0.2) is 18.2 Å². The molecule has 1 heterocycles. The third kappa shape index (κ3) is 1.19. The molecule has 1 N–H and O–H groups in total. The van der Waals surface area contributed by atoms with Crippen LogP contribution in [-0.2, 0) is 6.42 Å². The van der Waals surface area contributed by atoms with Gasteiger partial charge < -0.3 is 5.32 Å². The van der Waals surface area contributed by atoms with Gasteiger partial charge in [0, 0.05) is 11.1 Å². The lowest BCUT2D eigenvalue weighted by atomic mass is 9.92. The maximum atomic E-state index is 6.21. The van der Waals surface area contributed by atoms with Gasteiger partial charge in [0.05, 0.1) is 0 Å². The number of hydrogen-bond acceptors (Lipinski definition) is 1. The van der Waals surface area contributed by atoms with Gasteiger partial charge in [-0.25, -0.2) is 0 Å². The largest absolute Gasteiger partial charge is 0.310 e. The number of benzene rings is 1. The molecule has 1 fully saturated rings. The van der Waals surface area contributed by atoms with E-state index in [1.165, 1.54) is 30.4 Å². The lowest BCUT2D eigenvalue weighted by molar-refractivity contribution is 0.307. The summed E-state index contributed by atoms with van der Waals surface area (Å²) in [5, 5.41) is 4.56. The molecule has 1 aromatic carbocycles. The Labute approximate surface area is 89.5 Å². The SMILES string of the molecule is Clc1cccc2c1CC1CCCNC21. The van der Waals surface area contributed by atoms with Crippen LogP contribution in [0.25, 0.3) is 0 Å². The predicted molar refractivity (Wildman–Crippen MR) is 58.6 cm³/mol. The molecule has 1 saturated heterocycles. The maximum Gasteiger partial charge on any atom is 0.0441 e. The molecule has 2 unspecified atom stereocenters. The van der Waals surface area contributed by atoms with Gasteiger partial charge in [-0.2, -0.15) is 0 Å². The summed E-state index contributed by atoms with van der Waals surface area (Å²) in [6.07, 6.45) is 3.84. The second kappa shape index (κ2) is 3.25. The van der Waals surface area contributed by atoms with E-state index in [2.05, 4.69) is 17.4 Å². The second-order valence-corrected chi connectivity index (χ2v) is 4.75. The summed E-state index contributed by atoms with van der Waals surface area (Å²) in [5.41, 5.74) is 2.83. The van der Waals surface area contributed by atoms with E-state index in [0.29, 0.717) is 6.04 Å². The van der Waals surface area contributed by atoms with Crippen molar-refractivity contribution in [3.8, 4) is 0 Å². The molecule has 74 valence electrons. The lowest BCUT2D eigenvalue weighted by Gasteiger charge is -2.27. The topological polar surface area (TPSA) is 12.0 Å². The fraction of sp³-hybridized carbons (Fsp3) is 0.500. The molecule has 1 aliphatic heterocycles. The normalized spacial score (nSPS) is 29.8. The smallest absolute Gasteiger partial charge is 0.0441 e. The van der Waals surface area contributed by atoms with Gasteiger partial charge in [0.15, 0.2) is 0 Å². The summed E-state index contributed by atoms with van der Waals surface area (Å²) in [4.78, 5) is 0. The minimum atomic E-state index is 0.581. The molecule has 0 amide bonds. The van der Waals surface area contributed by atoms with Gasteiger partial charge in [-0.05, 0) is 48.9 Å². The van der Waals surface area contributed by atoms with E-state index < -0.39 is 0 Å². The number of halogens is 1. The van der Waals surface area contributed by atoms with Crippen molar-refractivity contribution in [1.29, 1.82) is 0 Å². The lowest BCUT2D eigenvalue weighted by Crippen LogP contribution is -2.31. The van der Waals surface area contributed by atoms with Crippen molar-refractivity contribution in [2.24, 2.45) is 5.92 Å². The molecule has 0 aromatic heterocycles. The number of rotatable bonds is 0. The van der Waals surface area contributed by atoms with E-state index in [9.17, 15) is 0 Å². The average Bonchev–Trinajstić information content (AvgIpc) is 2.59. The van der Waals surface area contributed by atoms with Crippen LogP contribution in [0.3, 0.4) is 0 Å². The average molecular weight is 208 g/mol. The maximum absolute atomic E-state index is 6.21. The summed E-state index contributed by atoms with van der Waals surface area (Å²) in [7, 11) is 0. The molecule has 0 bridgehead atoms. The highest BCUT2D eigenvalue weighted by atomic mass is 35.5. The number of nitrogens with one attached hydrogen (secondary N) is 1. The van der Waals surface area contributed by atoms with Crippen molar-refractivity contribution in [2.75, 3.05) is 6.54 Å². The monoisotopic (exact) mass is 207 g/mol. The van der Waals surface area contributed by atoms with Gasteiger partial charge in [0.25, 0.3) is 0 Å². The van der Waals surface area contributed by atoms with Gasteiger partial charge in [0.2, 0.25) is 0 Å². The van der Waals surface area contributed by atoms with Gasteiger partial charge in [-0.15, -0.1) is 0 Å². The summed E-state index contributed by atoms with van der Waals surface area (Å²) in [5.74, 6) is 0.790. The van der Waals surface area contributed by atoms with E-state index in [1.54, 1.807) is 0 Å². The third-order valence-corrected chi connectivity index (χ3v) is 3.90.